The van der Waals surface area contributed by atoms with Crippen LogP contribution in [-0.4, -0.2) is 28.0 Å². The van der Waals surface area contributed by atoms with E-state index in [1.165, 1.54) is 11.4 Å². The predicted molar refractivity (Wildman–Crippen MR) is 124 cm³/mol. The van der Waals surface area contributed by atoms with Crippen molar-refractivity contribution in [2.75, 3.05) is 23.3 Å². The first-order valence-corrected chi connectivity index (χ1v) is 11.3. The highest BCUT2D eigenvalue weighted by molar-refractivity contribution is 7.92. The molecule has 3 aromatic carbocycles. The van der Waals surface area contributed by atoms with Gasteiger partial charge in [0.25, 0.3) is 15.9 Å². The van der Waals surface area contributed by atoms with Crippen LogP contribution in [0.2, 0.25) is 5.02 Å². The maximum atomic E-state index is 12.8. The third-order valence-corrected chi connectivity index (χ3v) is 6.76. The molecule has 0 aliphatic heterocycles. The summed E-state index contributed by atoms with van der Waals surface area (Å²) in [5.74, 6) is 0.122. The van der Waals surface area contributed by atoms with Crippen molar-refractivity contribution in [2.45, 2.75) is 18.7 Å². The highest BCUT2D eigenvalue weighted by Gasteiger charge is 2.21. The molecular formula is C23H23ClN2O4S. The van der Waals surface area contributed by atoms with Crippen LogP contribution in [-0.2, 0) is 14.8 Å². The molecule has 1 N–H and O–H groups in total. The van der Waals surface area contributed by atoms with Crippen molar-refractivity contribution < 1.29 is 17.9 Å². The van der Waals surface area contributed by atoms with Gasteiger partial charge in [-0.3, -0.25) is 9.10 Å². The van der Waals surface area contributed by atoms with Crippen LogP contribution in [0, 0.1) is 13.8 Å². The molecule has 0 heterocycles. The number of nitrogens with zero attached hydrogens (tertiary/aromatic N) is 1. The molecule has 3 rings (SSSR count). The third kappa shape index (κ3) is 5.57. The number of amides is 1. The molecule has 0 radical (unpaired) electrons. The summed E-state index contributed by atoms with van der Waals surface area (Å²) in [6.07, 6.45) is 0. The summed E-state index contributed by atoms with van der Waals surface area (Å²) in [5.41, 5.74) is 2.98. The average Bonchev–Trinajstić information content (AvgIpc) is 2.75. The molecular weight excluding hydrogens is 436 g/mol. The Balaban J connectivity index is 1.62. The molecule has 162 valence electrons. The van der Waals surface area contributed by atoms with E-state index in [1.807, 2.05) is 19.9 Å². The van der Waals surface area contributed by atoms with Crippen LogP contribution in [0.5, 0.6) is 5.75 Å². The van der Waals surface area contributed by atoms with Gasteiger partial charge in [-0.25, -0.2) is 8.42 Å². The molecule has 8 heteroatoms. The lowest BCUT2D eigenvalue weighted by atomic mass is 10.2. The lowest BCUT2D eigenvalue weighted by Gasteiger charge is -2.20. The van der Waals surface area contributed by atoms with E-state index < -0.39 is 10.0 Å². The van der Waals surface area contributed by atoms with E-state index in [9.17, 15) is 13.2 Å². The number of anilines is 2. The zero-order valence-corrected chi connectivity index (χ0v) is 19.0. The summed E-state index contributed by atoms with van der Waals surface area (Å²) in [4.78, 5) is 12.4. The Morgan fingerprint density at radius 2 is 1.65 bits per heavy atom. The van der Waals surface area contributed by atoms with Crippen LogP contribution in [0.25, 0.3) is 0 Å². The second kappa shape index (κ2) is 9.41. The van der Waals surface area contributed by atoms with Crippen molar-refractivity contribution in [3.63, 3.8) is 0 Å². The van der Waals surface area contributed by atoms with Crippen LogP contribution < -0.4 is 14.4 Å². The maximum absolute atomic E-state index is 12.8. The molecule has 1 amide bonds. The fraction of sp³-hybridized carbons (Fsp3) is 0.174. The molecule has 0 saturated heterocycles. The Morgan fingerprint density at radius 3 is 2.29 bits per heavy atom. The molecule has 0 bridgehead atoms. The van der Waals surface area contributed by atoms with Crippen molar-refractivity contribution >= 4 is 38.9 Å². The highest BCUT2D eigenvalue weighted by Crippen LogP contribution is 2.25. The normalized spacial score (nSPS) is 11.1. The first-order valence-electron chi connectivity index (χ1n) is 9.51. The summed E-state index contributed by atoms with van der Waals surface area (Å²) in [6.45, 7) is 3.57. The fourth-order valence-corrected chi connectivity index (χ4v) is 4.19. The summed E-state index contributed by atoms with van der Waals surface area (Å²) >= 11 is 5.96. The van der Waals surface area contributed by atoms with Gasteiger partial charge in [-0.1, -0.05) is 35.4 Å². The van der Waals surface area contributed by atoms with Gasteiger partial charge >= 0.3 is 0 Å². The van der Waals surface area contributed by atoms with E-state index in [0.29, 0.717) is 22.1 Å². The largest absolute Gasteiger partial charge is 0.484 e. The van der Waals surface area contributed by atoms with Crippen molar-refractivity contribution in [1.82, 2.24) is 0 Å². The van der Waals surface area contributed by atoms with Gasteiger partial charge in [-0.2, -0.15) is 0 Å². The van der Waals surface area contributed by atoms with Crippen LogP contribution in [0.15, 0.2) is 71.6 Å². The number of carbonyl (C=O) groups is 1. The van der Waals surface area contributed by atoms with Gasteiger partial charge in [0.1, 0.15) is 5.75 Å². The minimum Gasteiger partial charge on any atom is -0.484 e. The summed E-state index contributed by atoms with van der Waals surface area (Å²) in [5, 5.41) is 3.29. The van der Waals surface area contributed by atoms with Crippen LogP contribution >= 0.6 is 11.6 Å². The van der Waals surface area contributed by atoms with E-state index in [0.717, 1.165) is 11.1 Å². The molecule has 0 spiro atoms. The fourth-order valence-electron chi connectivity index (χ4n) is 2.82. The van der Waals surface area contributed by atoms with E-state index in [4.69, 9.17) is 16.3 Å². The van der Waals surface area contributed by atoms with Gasteiger partial charge in [0.2, 0.25) is 0 Å². The molecule has 6 nitrogen and oxygen atoms in total. The van der Waals surface area contributed by atoms with E-state index in [1.54, 1.807) is 60.7 Å². The topological polar surface area (TPSA) is 75.7 Å². The van der Waals surface area contributed by atoms with Gasteiger partial charge in [0.15, 0.2) is 6.61 Å². The van der Waals surface area contributed by atoms with E-state index >= 15 is 0 Å². The van der Waals surface area contributed by atoms with Crippen LogP contribution in [0.4, 0.5) is 11.4 Å². The smallest absolute Gasteiger partial charge is 0.264 e. The van der Waals surface area contributed by atoms with Crippen molar-refractivity contribution in [3.05, 3.63) is 82.9 Å². The zero-order chi connectivity index (χ0) is 22.6. The molecule has 0 aliphatic rings. The SMILES string of the molecule is Cc1ccc(S(=O)(=O)N(C)c2ccc(OCC(=O)Nc3cc(Cl)ccc3C)cc2)cc1. The summed E-state index contributed by atoms with van der Waals surface area (Å²) in [6, 6.07) is 18.4. The molecule has 0 unspecified atom stereocenters. The molecule has 0 atom stereocenters. The predicted octanol–water partition coefficient (Wildman–Crippen LogP) is 4.80. The Morgan fingerprint density at radius 1 is 1.00 bits per heavy atom. The van der Waals surface area contributed by atoms with Gasteiger partial charge in [0.05, 0.1) is 10.6 Å². The Hall–Kier alpha value is -3.03. The van der Waals surface area contributed by atoms with Crippen molar-refractivity contribution in [1.29, 1.82) is 0 Å². The second-order valence-electron chi connectivity index (χ2n) is 7.08. The monoisotopic (exact) mass is 458 g/mol. The Kier molecular flexibility index (Phi) is 6.87. The highest BCUT2D eigenvalue weighted by atomic mass is 35.5. The average molecular weight is 459 g/mol. The molecule has 0 aliphatic carbocycles. The van der Waals surface area contributed by atoms with Crippen molar-refractivity contribution in [3.8, 4) is 5.75 Å². The number of ether oxygens (including phenoxy) is 1. The number of aryl methyl sites for hydroxylation is 2. The second-order valence-corrected chi connectivity index (χ2v) is 9.48. The van der Waals surface area contributed by atoms with Crippen molar-refractivity contribution in [2.24, 2.45) is 0 Å². The zero-order valence-electron chi connectivity index (χ0n) is 17.4. The van der Waals surface area contributed by atoms with Gasteiger partial charge in [-0.05, 0) is 67.9 Å². The molecule has 31 heavy (non-hydrogen) atoms. The van der Waals surface area contributed by atoms with Gasteiger partial charge < -0.3 is 10.1 Å². The summed E-state index contributed by atoms with van der Waals surface area (Å²) < 4.78 is 32.3. The molecule has 0 aromatic heterocycles. The van der Waals surface area contributed by atoms with Crippen LogP contribution in [0.3, 0.4) is 0 Å². The number of nitrogens with one attached hydrogen (secondary N) is 1. The van der Waals surface area contributed by atoms with E-state index in [-0.39, 0.29) is 17.4 Å². The molecule has 0 saturated carbocycles. The van der Waals surface area contributed by atoms with Crippen LogP contribution in [0.1, 0.15) is 11.1 Å². The number of sulfonamides is 1. The number of benzene rings is 3. The maximum Gasteiger partial charge on any atom is 0.264 e. The minimum atomic E-state index is -3.67. The summed E-state index contributed by atoms with van der Waals surface area (Å²) in [7, 11) is -2.18. The number of halogens is 1. The lowest BCUT2D eigenvalue weighted by molar-refractivity contribution is -0.118. The quantitative estimate of drug-likeness (QED) is 0.551. The minimum absolute atomic E-state index is 0.192. The first kappa shape index (κ1) is 22.7. The lowest BCUT2D eigenvalue weighted by Crippen LogP contribution is -2.26. The van der Waals surface area contributed by atoms with Gasteiger partial charge in [-0.15, -0.1) is 0 Å². The number of carbonyl (C=O) groups excluding carboxylic acids is 1. The third-order valence-electron chi connectivity index (χ3n) is 4.72. The van der Waals surface area contributed by atoms with E-state index in [2.05, 4.69) is 5.32 Å². The standard InChI is InChI=1S/C23H23ClN2O4S/c1-16-4-12-21(13-5-16)31(28,29)26(3)19-8-10-20(11-9-19)30-15-23(27)25-22-14-18(24)7-6-17(22)2/h4-14H,15H2,1-3H3,(H,25,27). The number of hydrogen-bond acceptors (Lipinski definition) is 4. The Bertz CT molecular complexity index is 1180. The first-order chi connectivity index (χ1) is 14.7. The molecule has 3 aromatic rings. The molecule has 0 fully saturated rings. The Labute approximate surface area is 187 Å². The van der Waals surface area contributed by atoms with Gasteiger partial charge in [0, 0.05) is 17.8 Å². The number of rotatable bonds is 7. The number of hydrogen-bond donors (Lipinski definition) is 1.